The molecule has 5 nitrogen and oxygen atoms in total. The summed E-state index contributed by atoms with van der Waals surface area (Å²) >= 11 is 0. The Labute approximate surface area is 94.9 Å². The van der Waals surface area contributed by atoms with Crippen LogP contribution in [0.2, 0.25) is 0 Å². The highest BCUT2D eigenvalue weighted by molar-refractivity contribution is 7.84. The second-order valence-electron chi connectivity index (χ2n) is 3.67. The zero-order valence-electron chi connectivity index (χ0n) is 8.55. The first-order valence-corrected chi connectivity index (χ1v) is 6.28. The summed E-state index contributed by atoms with van der Waals surface area (Å²) in [5, 5.41) is 8.88. The van der Waals surface area contributed by atoms with Crippen LogP contribution in [0.5, 0.6) is 0 Å². The van der Waals surface area contributed by atoms with Crippen molar-refractivity contribution in [3.8, 4) is 0 Å². The van der Waals surface area contributed by atoms with Gasteiger partial charge in [-0.1, -0.05) is 0 Å². The quantitative estimate of drug-likeness (QED) is 0.858. The Kier molecular flexibility index (Phi) is 3.40. The van der Waals surface area contributed by atoms with Crippen molar-refractivity contribution >= 4 is 16.8 Å². The highest BCUT2D eigenvalue weighted by Gasteiger charge is 2.21. The number of rotatable bonds is 4. The Hall–Kier alpha value is -1.14. The molecule has 88 valence electrons. The van der Waals surface area contributed by atoms with Crippen LogP contribution in [-0.2, 0) is 15.5 Å². The number of furan rings is 1. The molecule has 1 fully saturated rings. The molecular formula is C10H12O5S. The van der Waals surface area contributed by atoms with E-state index in [4.69, 9.17) is 14.3 Å². The molecule has 0 amide bonds. The van der Waals surface area contributed by atoms with Gasteiger partial charge < -0.3 is 14.3 Å². The van der Waals surface area contributed by atoms with Crippen LogP contribution in [-0.4, -0.2) is 34.3 Å². The van der Waals surface area contributed by atoms with E-state index in [0.717, 1.165) is 6.42 Å². The minimum Gasteiger partial charge on any atom is -0.475 e. The fourth-order valence-corrected chi connectivity index (χ4v) is 2.83. The normalized spacial score (nSPS) is 22.1. The van der Waals surface area contributed by atoms with Gasteiger partial charge in [0.15, 0.2) is 5.09 Å². The molecule has 0 spiro atoms. The van der Waals surface area contributed by atoms with Gasteiger partial charge in [-0.3, -0.25) is 4.21 Å². The first kappa shape index (κ1) is 11.3. The summed E-state index contributed by atoms with van der Waals surface area (Å²) in [6.07, 6.45) is 0.901. The lowest BCUT2D eigenvalue weighted by Gasteiger charge is -2.04. The number of carboxylic acid groups (broad SMARTS) is 1. The zero-order valence-corrected chi connectivity index (χ0v) is 9.37. The first-order chi connectivity index (χ1) is 7.66. The largest absolute Gasteiger partial charge is 0.475 e. The molecule has 16 heavy (non-hydrogen) atoms. The van der Waals surface area contributed by atoms with E-state index >= 15 is 0 Å². The molecule has 2 heterocycles. The topological polar surface area (TPSA) is 76.7 Å². The third kappa shape index (κ3) is 2.51. The minimum atomic E-state index is -1.28. The number of hydrogen-bond donors (Lipinski definition) is 1. The van der Waals surface area contributed by atoms with E-state index in [1.807, 2.05) is 0 Å². The van der Waals surface area contributed by atoms with Gasteiger partial charge in [0.25, 0.3) is 0 Å². The summed E-state index contributed by atoms with van der Waals surface area (Å²) in [7, 11) is -1.28. The van der Waals surface area contributed by atoms with Gasteiger partial charge in [0.05, 0.1) is 17.4 Å². The van der Waals surface area contributed by atoms with Crippen LogP contribution >= 0.6 is 0 Å². The zero-order chi connectivity index (χ0) is 11.5. The average molecular weight is 244 g/mol. The van der Waals surface area contributed by atoms with E-state index in [2.05, 4.69) is 0 Å². The first-order valence-electron chi connectivity index (χ1n) is 4.96. The number of hydrogen-bond acceptors (Lipinski definition) is 4. The van der Waals surface area contributed by atoms with E-state index in [0.29, 0.717) is 19.0 Å². The fraction of sp³-hybridized carbons (Fsp3) is 0.500. The molecule has 0 radical (unpaired) electrons. The van der Waals surface area contributed by atoms with Crippen molar-refractivity contribution in [3.05, 3.63) is 17.9 Å². The van der Waals surface area contributed by atoms with Gasteiger partial charge in [0, 0.05) is 12.4 Å². The van der Waals surface area contributed by atoms with E-state index in [1.165, 1.54) is 12.1 Å². The molecule has 0 aliphatic carbocycles. The summed E-state index contributed by atoms with van der Waals surface area (Å²) in [6.45, 7) is 1.33. The molecule has 2 unspecified atom stereocenters. The fourth-order valence-electron chi connectivity index (χ4n) is 1.57. The standard InChI is InChI=1S/C10H12O5S/c11-10(12)8-1-2-9(15-8)16(13)6-7-3-4-14-5-7/h1-2,7H,3-6H2,(H,11,12). The molecule has 0 saturated carbocycles. The highest BCUT2D eigenvalue weighted by atomic mass is 32.2. The monoisotopic (exact) mass is 244 g/mol. The van der Waals surface area contributed by atoms with Crippen molar-refractivity contribution in [2.75, 3.05) is 19.0 Å². The van der Waals surface area contributed by atoms with Gasteiger partial charge >= 0.3 is 5.97 Å². The Morgan fingerprint density at radius 3 is 2.94 bits per heavy atom. The van der Waals surface area contributed by atoms with E-state index in [1.54, 1.807) is 0 Å². The molecule has 1 aliphatic rings. The number of carboxylic acids is 1. The Bertz CT molecular complexity index is 405. The Morgan fingerprint density at radius 2 is 2.38 bits per heavy atom. The molecule has 1 aliphatic heterocycles. The van der Waals surface area contributed by atoms with Crippen LogP contribution in [0.4, 0.5) is 0 Å². The van der Waals surface area contributed by atoms with Crippen molar-refractivity contribution in [3.63, 3.8) is 0 Å². The van der Waals surface area contributed by atoms with Crippen molar-refractivity contribution in [1.82, 2.24) is 0 Å². The second-order valence-corrected chi connectivity index (χ2v) is 5.09. The lowest BCUT2D eigenvalue weighted by Crippen LogP contribution is -2.10. The lowest BCUT2D eigenvalue weighted by atomic mass is 10.2. The maximum absolute atomic E-state index is 11.8. The molecule has 2 atom stereocenters. The molecule has 0 bridgehead atoms. The third-order valence-corrected chi connectivity index (χ3v) is 3.87. The predicted octanol–water partition coefficient (Wildman–Crippen LogP) is 1.12. The molecular weight excluding hydrogens is 232 g/mol. The van der Waals surface area contributed by atoms with Gasteiger partial charge in [0.2, 0.25) is 5.76 Å². The molecule has 1 aromatic heterocycles. The Balaban J connectivity index is 1.99. The molecule has 1 saturated heterocycles. The number of ether oxygens (including phenoxy) is 1. The van der Waals surface area contributed by atoms with Crippen LogP contribution in [0.3, 0.4) is 0 Å². The van der Waals surface area contributed by atoms with Gasteiger partial charge in [-0.2, -0.15) is 0 Å². The van der Waals surface area contributed by atoms with E-state index in [-0.39, 0.29) is 16.8 Å². The van der Waals surface area contributed by atoms with E-state index < -0.39 is 16.8 Å². The van der Waals surface area contributed by atoms with Crippen molar-refractivity contribution in [1.29, 1.82) is 0 Å². The second kappa shape index (κ2) is 4.80. The van der Waals surface area contributed by atoms with Gasteiger partial charge in [0.1, 0.15) is 0 Å². The average Bonchev–Trinajstić information content (AvgIpc) is 2.86. The van der Waals surface area contributed by atoms with Crippen LogP contribution in [0, 0.1) is 5.92 Å². The highest BCUT2D eigenvalue weighted by Crippen LogP contribution is 2.19. The van der Waals surface area contributed by atoms with Gasteiger partial charge in [-0.15, -0.1) is 0 Å². The Morgan fingerprint density at radius 1 is 1.56 bits per heavy atom. The maximum Gasteiger partial charge on any atom is 0.371 e. The number of aromatic carboxylic acids is 1. The van der Waals surface area contributed by atoms with Crippen LogP contribution < -0.4 is 0 Å². The van der Waals surface area contributed by atoms with Gasteiger partial charge in [-0.05, 0) is 24.5 Å². The van der Waals surface area contributed by atoms with Crippen LogP contribution in [0.15, 0.2) is 21.6 Å². The summed E-state index contributed by atoms with van der Waals surface area (Å²) in [5.74, 6) is -0.579. The van der Waals surface area contributed by atoms with Crippen molar-refractivity contribution < 1.29 is 23.3 Å². The SMILES string of the molecule is O=C(O)c1ccc(S(=O)CC2CCOC2)o1. The molecule has 6 heteroatoms. The van der Waals surface area contributed by atoms with Crippen molar-refractivity contribution in [2.24, 2.45) is 5.92 Å². The molecule has 0 aromatic carbocycles. The van der Waals surface area contributed by atoms with Gasteiger partial charge in [-0.25, -0.2) is 4.79 Å². The third-order valence-electron chi connectivity index (χ3n) is 2.43. The number of carbonyl (C=O) groups is 1. The molecule has 2 rings (SSSR count). The van der Waals surface area contributed by atoms with E-state index in [9.17, 15) is 9.00 Å². The summed E-state index contributed by atoms with van der Waals surface area (Å²) in [6, 6.07) is 2.77. The molecule has 1 aromatic rings. The molecule has 1 N–H and O–H groups in total. The summed E-state index contributed by atoms with van der Waals surface area (Å²) < 4.78 is 22.0. The maximum atomic E-state index is 11.8. The lowest BCUT2D eigenvalue weighted by molar-refractivity contribution is 0.0656. The summed E-state index contributed by atoms with van der Waals surface area (Å²) in [5.41, 5.74) is 0. The predicted molar refractivity (Wildman–Crippen MR) is 55.9 cm³/mol. The van der Waals surface area contributed by atoms with Crippen LogP contribution in [0.25, 0.3) is 0 Å². The summed E-state index contributed by atoms with van der Waals surface area (Å²) in [4.78, 5) is 10.6. The van der Waals surface area contributed by atoms with Crippen LogP contribution in [0.1, 0.15) is 17.0 Å². The minimum absolute atomic E-state index is 0.175. The van der Waals surface area contributed by atoms with Crippen molar-refractivity contribution in [2.45, 2.75) is 11.5 Å². The smallest absolute Gasteiger partial charge is 0.371 e.